The summed E-state index contributed by atoms with van der Waals surface area (Å²) in [6.07, 6.45) is 0.560. The molecule has 8 heteroatoms. The van der Waals surface area contributed by atoms with Crippen molar-refractivity contribution in [1.29, 1.82) is 0 Å². The monoisotopic (exact) mass is 259 g/mol. The van der Waals surface area contributed by atoms with E-state index in [0.29, 0.717) is 17.3 Å². The van der Waals surface area contributed by atoms with Crippen LogP contribution in [0.15, 0.2) is 9.95 Å². The zero-order valence-corrected chi connectivity index (χ0v) is 10.9. The van der Waals surface area contributed by atoms with Gasteiger partial charge in [-0.25, -0.2) is 9.89 Å². The maximum atomic E-state index is 11.2. The minimum absolute atomic E-state index is 0.251. The largest absolute Gasteiger partial charge is 0.368 e. The lowest BCUT2D eigenvalue weighted by atomic mass is 9.99. The molecule has 0 fully saturated rings. The molecule has 0 aliphatic rings. The third-order valence-corrected chi connectivity index (χ3v) is 3.80. The fourth-order valence-corrected chi connectivity index (χ4v) is 2.26. The zero-order valence-electron chi connectivity index (χ0n) is 10.1. The number of nitrogens with two attached hydrogens (primary N) is 1. The fourth-order valence-electron chi connectivity index (χ4n) is 1.18. The zero-order chi connectivity index (χ0) is 13.1. The lowest BCUT2D eigenvalue weighted by Crippen LogP contribution is -2.51. The van der Waals surface area contributed by atoms with Crippen molar-refractivity contribution in [2.24, 2.45) is 12.8 Å². The molecule has 0 saturated heterocycles. The van der Waals surface area contributed by atoms with Crippen LogP contribution in [0.5, 0.6) is 0 Å². The highest BCUT2D eigenvalue weighted by Gasteiger charge is 2.28. The van der Waals surface area contributed by atoms with E-state index in [-0.39, 0.29) is 5.69 Å². The maximum absolute atomic E-state index is 11.2. The van der Waals surface area contributed by atoms with E-state index >= 15 is 0 Å². The summed E-state index contributed by atoms with van der Waals surface area (Å²) in [7, 11) is 3.33. The van der Waals surface area contributed by atoms with Gasteiger partial charge in [0.05, 0.1) is 5.54 Å². The van der Waals surface area contributed by atoms with Gasteiger partial charge in [-0.05, 0) is 20.4 Å². The molecule has 0 saturated carbocycles. The highest BCUT2D eigenvalue weighted by atomic mass is 32.2. The molecule has 0 bridgehead atoms. The summed E-state index contributed by atoms with van der Waals surface area (Å²) >= 11 is 1.40. The Balaban J connectivity index is 2.56. The Kier molecular flexibility index (Phi) is 4.35. The van der Waals surface area contributed by atoms with Gasteiger partial charge in [0.1, 0.15) is 0 Å². The lowest BCUT2D eigenvalue weighted by molar-refractivity contribution is -0.123. The Morgan fingerprint density at radius 1 is 1.71 bits per heavy atom. The summed E-state index contributed by atoms with van der Waals surface area (Å²) < 4.78 is 1.42. The van der Waals surface area contributed by atoms with Crippen LogP contribution in [-0.2, 0) is 11.8 Å². The Labute approximate surface area is 103 Å². The third-order valence-electron chi connectivity index (χ3n) is 2.77. The second kappa shape index (κ2) is 5.37. The van der Waals surface area contributed by atoms with Crippen LogP contribution >= 0.6 is 11.8 Å². The Morgan fingerprint density at radius 2 is 2.35 bits per heavy atom. The first-order valence-corrected chi connectivity index (χ1v) is 6.12. The number of thioether (sulfide) groups is 1. The number of likely N-dealkylation sites (N-methyl/N-ethyl adjacent to an activating group) is 1. The molecule has 1 aromatic heterocycles. The van der Waals surface area contributed by atoms with Crippen molar-refractivity contribution in [1.82, 2.24) is 20.1 Å². The minimum Gasteiger partial charge on any atom is -0.368 e. The highest BCUT2D eigenvalue weighted by Crippen LogP contribution is 2.18. The molecule has 0 aliphatic heterocycles. The number of rotatable bonds is 6. The van der Waals surface area contributed by atoms with Gasteiger partial charge < -0.3 is 11.1 Å². The second-order valence-electron chi connectivity index (χ2n) is 3.92. The quantitative estimate of drug-likeness (QED) is 0.571. The van der Waals surface area contributed by atoms with Crippen molar-refractivity contribution >= 4 is 17.7 Å². The standard InChI is InChI=1S/C9H17N5O2S/c1-9(11-2,6(10)15)4-5-17-8-13-12-7(16)14(8)3/h11H,4-5H2,1-3H3,(H2,10,15)(H,12,16). The number of hydrogen-bond donors (Lipinski definition) is 3. The van der Waals surface area contributed by atoms with Crippen LogP contribution in [0.2, 0.25) is 0 Å². The molecule has 0 radical (unpaired) electrons. The molecule has 1 heterocycles. The average molecular weight is 259 g/mol. The van der Waals surface area contributed by atoms with E-state index in [9.17, 15) is 9.59 Å². The van der Waals surface area contributed by atoms with E-state index in [0.717, 1.165) is 0 Å². The number of aromatic amines is 1. The number of H-pyrrole nitrogens is 1. The molecule has 1 atom stereocenters. The van der Waals surface area contributed by atoms with Gasteiger partial charge >= 0.3 is 5.69 Å². The minimum atomic E-state index is -0.734. The van der Waals surface area contributed by atoms with E-state index in [2.05, 4.69) is 15.5 Å². The summed E-state index contributed by atoms with van der Waals surface area (Å²) in [5.74, 6) is 0.245. The van der Waals surface area contributed by atoms with Gasteiger partial charge in [-0.3, -0.25) is 9.36 Å². The summed E-state index contributed by atoms with van der Waals surface area (Å²) in [5.41, 5.74) is 4.32. The number of primary amides is 1. The van der Waals surface area contributed by atoms with Crippen molar-refractivity contribution < 1.29 is 4.79 Å². The van der Waals surface area contributed by atoms with Gasteiger partial charge in [-0.15, -0.1) is 5.10 Å². The van der Waals surface area contributed by atoms with Gasteiger partial charge in [0, 0.05) is 12.8 Å². The highest BCUT2D eigenvalue weighted by molar-refractivity contribution is 7.99. The summed E-state index contributed by atoms with van der Waals surface area (Å²) in [6.45, 7) is 1.75. The molecule has 0 aliphatic carbocycles. The Morgan fingerprint density at radius 3 is 2.76 bits per heavy atom. The van der Waals surface area contributed by atoms with Crippen molar-refractivity contribution in [3.63, 3.8) is 0 Å². The topological polar surface area (TPSA) is 106 Å². The predicted octanol–water partition coefficient (Wildman–Crippen LogP) is -0.946. The number of hydrogen-bond acceptors (Lipinski definition) is 5. The molecule has 1 aromatic rings. The van der Waals surface area contributed by atoms with E-state index < -0.39 is 11.4 Å². The van der Waals surface area contributed by atoms with Crippen LogP contribution < -0.4 is 16.7 Å². The van der Waals surface area contributed by atoms with Gasteiger partial charge in [0.15, 0.2) is 5.16 Å². The molecule has 17 heavy (non-hydrogen) atoms. The number of amides is 1. The van der Waals surface area contributed by atoms with Gasteiger partial charge in [0.25, 0.3) is 0 Å². The van der Waals surface area contributed by atoms with E-state index in [4.69, 9.17) is 5.73 Å². The first kappa shape index (κ1) is 13.8. The summed E-state index contributed by atoms with van der Waals surface area (Å²) in [5, 5.41) is 9.70. The van der Waals surface area contributed by atoms with E-state index in [1.807, 2.05) is 0 Å². The average Bonchev–Trinajstić information content (AvgIpc) is 2.60. The van der Waals surface area contributed by atoms with Crippen molar-refractivity contribution in [3.05, 3.63) is 10.5 Å². The molecule has 7 nitrogen and oxygen atoms in total. The molecule has 1 unspecified atom stereocenters. The Hall–Kier alpha value is -1.28. The molecule has 0 spiro atoms. The molecule has 4 N–H and O–H groups in total. The van der Waals surface area contributed by atoms with Gasteiger partial charge in [-0.2, -0.15) is 0 Å². The maximum Gasteiger partial charge on any atom is 0.343 e. The Bertz CT molecular complexity index is 454. The first-order valence-electron chi connectivity index (χ1n) is 5.13. The number of nitrogens with one attached hydrogen (secondary N) is 2. The second-order valence-corrected chi connectivity index (χ2v) is 4.98. The SMILES string of the molecule is CNC(C)(CCSc1n[nH]c(=O)n1C)C(N)=O. The van der Waals surface area contributed by atoms with E-state index in [1.54, 1.807) is 21.0 Å². The van der Waals surface area contributed by atoms with Crippen molar-refractivity contribution in [2.75, 3.05) is 12.8 Å². The lowest BCUT2D eigenvalue weighted by Gasteiger charge is -2.24. The molecular formula is C9H17N5O2S. The van der Waals surface area contributed by atoms with Crippen molar-refractivity contribution in [2.45, 2.75) is 24.0 Å². The van der Waals surface area contributed by atoms with Crippen LogP contribution in [0, 0.1) is 0 Å². The van der Waals surface area contributed by atoms with Gasteiger partial charge in [-0.1, -0.05) is 11.8 Å². The molecular weight excluding hydrogens is 242 g/mol. The van der Waals surface area contributed by atoms with Crippen LogP contribution in [0.3, 0.4) is 0 Å². The summed E-state index contributed by atoms with van der Waals surface area (Å²) in [6, 6.07) is 0. The molecule has 0 aromatic carbocycles. The van der Waals surface area contributed by atoms with Gasteiger partial charge in [0.2, 0.25) is 5.91 Å². The number of carbonyl (C=O) groups excluding carboxylic acids is 1. The summed E-state index contributed by atoms with van der Waals surface area (Å²) in [4.78, 5) is 22.3. The van der Waals surface area contributed by atoms with Crippen LogP contribution in [0.4, 0.5) is 0 Å². The fraction of sp³-hybridized carbons (Fsp3) is 0.667. The van der Waals surface area contributed by atoms with Crippen molar-refractivity contribution in [3.8, 4) is 0 Å². The normalized spacial score (nSPS) is 14.5. The predicted molar refractivity (Wildman–Crippen MR) is 65.8 cm³/mol. The van der Waals surface area contributed by atoms with Crippen LogP contribution in [0.25, 0.3) is 0 Å². The molecule has 1 amide bonds. The number of aromatic nitrogens is 3. The van der Waals surface area contributed by atoms with Crippen LogP contribution in [0.1, 0.15) is 13.3 Å². The van der Waals surface area contributed by atoms with E-state index in [1.165, 1.54) is 16.3 Å². The first-order chi connectivity index (χ1) is 7.90. The third kappa shape index (κ3) is 3.10. The number of carbonyl (C=O) groups is 1. The number of nitrogens with zero attached hydrogens (tertiary/aromatic N) is 2. The molecule has 96 valence electrons. The smallest absolute Gasteiger partial charge is 0.343 e. The van der Waals surface area contributed by atoms with Crippen LogP contribution in [-0.4, -0.2) is 39.0 Å². The molecule has 1 rings (SSSR count).